The lowest BCUT2D eigenvalue weighted by Crippen LogP contribution is -2.22. The number of hydrogen-bond donors (Lipinski definition) is 1. The van der Waals surface area contributed by atoms with Gasteiger partial charge in [0.2, 0.25) is 0 Å². The van der Waals surface area contributed by atoms with Gasteiger partial charge in [0.15, 0.2) is 6.61 Å². The van der Waals surface area contributed by atoms with Crippen molar-refractivity contribution in [2.45, 2.75) is 19.8 Å². The Hall–Kier alpha value is -3.42. The molecule has 1 fully saturated rings. The van der Waals surface area contributed by atoms with Crippen LogP contribution in [0.1, 0.15) is 28.8 Å². The highest BCUT2D eigenvalue weighted by Crippen LogP contribution is 2.25. The van der Waals surface area contributed by atoms with Crippen LogP contribution in [0.2, 0.25) is 0 Å². The molecule has 0 aliphatic carbocycles. The lowest BCUT2D eigenvalue weighted by Gasteiger charge is -2.19. The molecule has 146 valence electrons. The Bertz CT molecular complexity index is 906. The van der Waals surface area contributed by atoms with E-state index < -0.39 is 23.4 Å². The van der Waals surface area contributed by atoms with Gasteiger partial charge in [-0.05, 0) is 49.6 Å². The quantitative estimate of drug-likeness (QED) is 0.466. The Morgan fingerprint density at radius 3 is 2.61 bits per heavy atom. The zero-order valence-corrected chi connectivity index (χ0v) is 15.5. The summed E-state index contributed by atoms with van der Waals surface area (Å²) >= 11 is 0. The molecule has 1 N–H and O–H groups in total. The normalized spacial score (nSPS) is 13.2. The molecule has 0 aromatic heterocycles. The Balaban J connectivity index is 1.56. The fourth-order valence-electron chi connectivity index (χ4n) is 3.11. The minimum Gasteiger partial charge on any atom is -0.452 e. The van der Waals surface area contributed by atoms with Gasteiger partial charge < -0.3 is 15.0 Å². The van der Waals surface area contributed by atoms with Crippen molar-refractivity contribution < 1.29 is 19.2 Å². The average molecular weight is 383 g/mol. The van der Waals surface area contributed by atoms with E-state index in [0.29, 0.717) is 5.69 Å². The molecule has 3 rings (SSSR count). The molecule has 1 amide bonds. The highest BCUT2D eigenvalue weighted by atomic mass is 16.6. The summed E-state index contributed by atoms with van der Waals surface area (Å²) in [6.07, 6.45) is 2.38. The average Bonchev–Trinajstić information content (AvgIpc) is 3.22. The van der Waals surface area contributed by atoms with Crippen LogP contribution in [-0.2, 0) is 9.53 Å². The van der Waals surface area contributed by atoms with Crippen molar-refractivity contribution in [2.24, 2.45) is 0 Å². The third-order valence-electron chi connectivity index (χ3n) is 4.58. The first-order valence-corrected chi connectivity index (χ1v) is 9.01. The standard InChI is InChI=1S/C20H21N3O5/c1-14-11-16(22-9-2-3-10-22)7-8-18(14)21-19(24)13-28-20(25)15-5-4-6-17(12-15)23(26)27/h4-8,11-12H,2-3,9-10,13H2,1H3,(H,21,24). The van der Waals surface area contributed by atoms with Crippen molar-refractivity contribution in [1.82, 2.24) is 0 Å². The second kappa shape index (κ2) is 8.51. The first-order chi connectivity index (χ1) is 13.4. The SMILES string of the molecule is Cc1cc(N2CCCC2)ccc1NC(=O)COC(=O)c1cccc([N+](=O)[O-])c1. The van der Waals surface area contributed by atoms with E-state index in [1.54, 1.807) is 0 Å². The molecule has 28 heavy (non-hydrogen) atoms. The summed E-state index contributed by atoms with van der Waals surface area (Å²) in [5.74, 6) is -1.27. The Kier molecular flexibility index (Phi) is 5.88. The first-order valence-electron chi connectivity index (χ1n) is 9.01. The van der Waals surface area contributed by atoms with E-state index in [9.17, 15) is 19.7 Å². The molecule has 0 bridgehead atoms. The minimum absolute atomic E-state index is 0.0214. The predicted molar refractivity (Wildman–Crippen MR) is 105 cm³/mol. The highest BCUT2D eigenvalue weighted by Gasteiger charge is 2.16. The van der Waals surface area contributed by atoms with Crippen LogP contribution in [0.3, 0.4) is 0 Å². The van der Waals surface area contributed by atoms with Crippen LogP contribution in [0.25, 0.3) is 0 Å². The van der Waals surface area contributed by atoms with E-state index in [0.717, 1.165) is 30.4 Å². The van der Waals surface area contributed by atoms with Gasteiger partial charge in [0, 0.05) is 36.6 Å². The van der Waals surface area contributed by atoms with Crippen LogP contribution in [0.4, 0.5) is 17.1 Å². The number of benzene rings is 2. The van der Waals surface area contributed by atoms with E-state index in [2.05, 4.69) is 10.2 Å². The molecule has 2 aromatic carbocycles. The zero-order valence-electron chi connectivity index (χ0n) is 15.5. The number of hydrogen-bond acceptors (Lipinski definition) is 6. The molecular formula is C20H21N3O5. The molecule has 2 aromatic rings. The van der Waals surface area contributed by atoms with Crippen LogP contribution in [0.5, 0.6) is 0 Å². The summed E-state index contributed by atoms with van der Waals surface area (Å²) in [6.45, 7) is 3.51. The van der Waals surface area contributed by atoms with Crippen LogP contribution in [-0.4, -0.2) is 36.5 Å². The number of carbonyl (C=O) groups excluding carboxylic acids is 2. The van der Waals surface area contributed by atoms with Crippen LogP contribution in [0.15, 0.2) is 42.5 Å². The third-order valence-corrected chi connectivity index (χ3v) is 4.58. The molecule has 1 aliphatic rings. The van der Waals surface area contributed by atoms with Crippen molar-refractivity contribution in [2.75, 3.05) is 29.9 Å². The van der Waals surface area contributed by atoms with E-state index in [4.69, 9.17) is 4.74 Å². The fraction of sp³-hybridized carbons (Fsp3) is 0.300. The molecule has 8 nitrogen and oxygen atoms in total. The van der Waals surface area contributed by atoms with E-state index in [1.807, 2.05) is 25.1 Å². The molecular weight excluding hydrogens is 362 g/mol. The summed E-state index contributed by atoms with van der Waals surface area (Å²) in [5, 5.41) is 13.5. The predicted octanol–water partition coefficient (Wildman–Crippen LogP) is 3.30. The van der Waals surface area contributed by atoms with Gasteiger partial charge >= 0.3 is 5.97 Å². The largest absolute Gasteiger partial charge is 0.452 e. The number of ether oxygens (including phenoxy) is 1. The van der Waals surface area contributed by atoms with Crippen molar-refractivity contribution in [3.63, 3.8) is 0 Å². The van der Waals surface area contributed by atoms with Gasteiger partial charge in [-0.1, -0.05) is 6.07 Å². The second-order valence-electron chi connectivity index (χ2n) is 6.63. The molecule has 0 spiro atoms. The molecule has 0 atom stereocenters. The second-order valence-corrected chi connectivity index (χ2v) is 6.63. The number of nitro groups is 1. The van der Waals surface area contributed by atoms with Crippen molar-refractivity contribution in [1.29, 1.82) is 0 Å². The summed E-state index contributed by atoms with van der Waals surface area (Å²) in [4.78, 5) is 36.6. The van der Waals surface area contributed by atoms with Gasteiger partial charge in [0.1, 0.15) is 0 Å². The lowest BCUT2D eigenvalue weighted by atomic mass is 10.1. The van der Waals surface area contributed by atoms with Gasteiger partial charge in [0.25, 0.3) is 11.6 Å². The third kappa shape index (κ3) is 4.64. The van der Waals surface area contributed by atoms with E-state index >= 15 is 0 Å². The monoisotopic (exact) mass is 383 g/mol. The van der Waals surface area contributed by atoms with Crippen LogP contribution >= 0.6 is 0 Å². The Morgan fingerprint density at radius 1 is 1.18 bits per heavy atom. The fourth-order valence-corrected chi connectivity index (χ4v) is 3.11. The van der Waals surface area contributed by atoms with Crippen LogP contribution in [0, 0.1) is 17.0 Å². The molecule has 0 radical (unpaired) electrons. The molecule has 0 unspecified atom stereocenters. The maximum atomic E-state index is 12.1. The number of anilines is 2. The minimum atomic E-state index is -0.792. The summed E-state index contributed by atoms with van der Waals surface area (Å²) in [7, 11) is 0. The van der Waals surface area contributed by atoms with Gasteiger partial charge in [0.05, 0.1) is 10.5 Å². The van der Waals surface area contributed by atoms with E-state index in [1.165, 1.54) is 31.0 Å². The number of nitrogens with zero attached hydrogens (tertiary/aromatic N) is 2. The van der Waals surface area contributed by atoms with Crippen molar-refractivity contribution in [3.05, 3.63) is 63.7 Å². The topological polar surface area (TPSA) is 102 Å². The summed E-state index contributed by atoms with van der Waals surface area (Å²) in [5.41, 5.74) is 2.51. The lowest BCUT2D eigenvalue weighted by molar-refractivity contribution is -0.384. The highest BCUT2D eigenvalue weighted by molar-refractivity contribution is 5.96. The summed E-state index contributed by atoms with van der Waals surface area (Å²) in [6, 6.07) is 11.0. The van der Waals surface area contributed by atoms with Gasteiger partial charge in [-0.2, -0.15) is 0 Å². The number of nitrogens with one attached hydrogen (secondary N) is 1. The van der Waals surface area contributed by atoms with Crippen molar-refractivity contribution >= 4 is 28.9 Å². The number of carbonyl (C=O) groups is 2. The van der Waals surface area contributed by atoms with Gasteiger partial charge in [-0.25, -0.2) is 4.79 Å². The number of aryl methyl sites for hydroxylation is 1. The molecule has 1 saturated heterocycles. The van der Waals surface area contributed by atoms with Gasteiger partial charge in [-0.15, -0.1) is 0 Å². The molecule has 8 heteroatoms. The Labute approximate surface area is 162 Å². The number of rotatable bonds is 6. The number of amides is 1. The summed E-state index contributed by atoms with van der Waals surface area (Å²) < 4.78 is 4.96. The number of nitro benzene ring substituents is 1. The maximum absolute atomic E-state index is 12.1. The molecule has 0 saturated carbocycles. The van der Waals surface area contributed by atoms with E-state index in [-0.39, 0.29) is 11.3 Å². The van der Waals surface area contributed by atoms with Crippen LogP contribution < -0.4 is 10.2 Å². The number of non-ortho nitro benzene ring substituents is 1. The maximum Gasteiger partial charge on any atom is 0.338 e. The first kappa shape index (κ1) is 19.3. The van der Waals surface area contributed by atoms with Crippen molar-refractivity contribution in [3.8, 4) is 0 Å². The molecule has 1 heterocycles. The number of esters is 1. The Morgan fingerprint density at radius 2 is 1.93 bits per heavy atom. The molecule has 1 aliphatic heterocycles. The van der Waals surface area contributed by atoms with Gasteiger partial charge in [-0.3, -0.25) is 14.9 Å². The zero-order chi connectivity index (χ0) is 20.1. The smallest absolute Gasteiger partial charge is 0.338 e.